The van der Waals surface area contributed by atoms with E-state index in [2.05, 4.69) is 231 Å². The minimum Gasteiger partial charge on any atom is -0.228 e. The zero-order valence-electron chi connectivity index (χ0n) is 35.6. The summed E-state index contributed by atoms with van der Waals surface area (Å²) in [5.74, 6) is 0.704. The van der Waals surface area contributed by atoms with Gasteiger partial charge in [-0.05, 0) is 102 Å². The van der Waals surface area contributed by atoms with Crippen molar-refractivity contribution < 1.29 is 0 Å². The highest BCUT2D eigenvalue weighted by molar-refractivity contribution is 6.06. The number of nitrogens with zero attached hydrogens (tertiary/aromatic N) is 2. The maximum atomic E-state index is 5.26. The SMILES string of the molecule is c1ccc(-c2cc(-c3cccc4c3-c3ccccc3C4(c3ccccc3)c3ccccc3)cc(-c3ccc(-c4cc(-c5ccccc5)nc(-c5ccccc5)n4)c4ccccc34)c2)cc1. The molecule has 1 heterocycles. The van der Waals surface area contributed by atoms with Crippen LogP contribution in [0.3, 0.4) is 0 Å². The van der Waals surface area contributed by atoms with E-state index in [4.69, 9.17) is 9.97 Å². The molecule has 12 rings (SSSR count). The lowest BCUT2D eigenvalue weighted by molar-refractivity contribution is 0.768. The molecule has 0 radical (unpaired) electrons. The molecule has 0 spiro atoms. The summed E-state index contributed by atoms with van der Waals surface area (Å²) in [7, 11) is 0. The van der Waals surface area contributed by atoms with Crippen LogP contribution in [-0.2, 0) is 5.41 Å². The first-order valence-corrected chi connectivity index (χ1v) is 22.3. The normalized spacial score (nSPS) is 12.4. The van der Waals surface area contributed by atoms with Gasteiger partial charge in [-0.2, -0.15) is 0 Å². The van der Waals surface area contributed by atoms with Crippen molar-refractivity contribution in [3.63, 3.8) is 0 Å². The molecule has 10 aromatic carbocycles. The highest BCUT2D eigenvalue weighted by Gasteiger charge is 2.46. The Morgan fingerprint density at radius 1 is 0.262 bits per heavy atom. The van der Waals surface area contributed by atoms with Crippen LogP contribution in [0, 0.1) is 0 Å². The summed E-state index contributed by atoms with van der Waals surface area (Å²) in [5, 5.41) is 2.30. The zero-order valence-corrected chi connectivity index (χ0v) is 35.6. The van der Waals surface area contributed by atoms with Crippen molar-refractivity contribution in [1.29, 1.82) is 0 Å². The van der Waals surface area contributed by atoms with Gasteiger partial charge in [-0.25, -0.2) is 9.97 Å². The predicted molar refractivity (Wildman–Crippen MR) is 269 cm³/mol. The minimum absolute atomic E-state index is 0.488. The molecular weight excluding hydrogens is 785 g/mol. The van der Waals surface area contributed by atoms with Gasteiger partial charge in [-0.15, -0.1) is 0 Å². The number of hydrogen-bond acceptors (Lipinski definition) is 2. The lowest BCUT2D eigenvalue weighted by Gasteiger charge is -2.34. The Hall–Kier alpha value is -8.46. The first-order chi connectivity index (χ1) is 32.2. The van der Waals surface area contributed by atoms with Crippen molar-refractivity contribution in [3.8, 4) is 78.4 Å². The lowest BCUT2D eigenvalue weighted by atomic mass is 9.67. The van der Waals surface area contributed by atoms with E-state index >= 15 is 0 Å². The molecule has 0 saturated heterocycles. The molecule has 0 fully saturated rings. The van der Waals surface area contributed by atoms with Crippen LogP contribution >= 0.6 is 0 Å². The summed E-state index contributed by atoms with van der Waals surface area (Å²) in [6.45, 7) is 0. The van der Waals surface area contributed by atoms with Crippen LogP contribution in [0.5, 0.6) is 0 Å². The van der Waals surface area contributed by atoms with Crippen molar-refractivity contribution in [2.75, 3.05) is 0 Å². The molecule has 1 aromatic heterocycles. The molecule has 1 aliphatic carbocycles. The molecule has 2 nitrogen and oxygen atoms in total. The molecule has 0 N–H and O–H groups in total. The zero-order chi connectivity index (χ0) is 43.2. The predicted octanol–water partition coefficient (Wildman–Crippen LogP) is 16.0. The number of aromatic nitrogens is 2. The topological polar surface area (TPSA) is 25.8 Å². The second kappa shape index (κ2) is 16.0. The summed E-state index contributed by atoms with van der Waals surface area (Å²) < 4.78 is 0. The third-order valence-corrected chi connectivity index (χ3v) is 13.2. The maximum absolute atomic E-state index is 5.26. The van der Waals surface area contributed by atoms with E-state index in [0.717, 1.165) is 44.4 Å². The molecule has 65 heavy (non-hydrogen) atoms. The molecule has 0 saturated carbocycles. The van der Waals surface area contributed by atoms with Crippen molar-refractivity contribution in [2.24, 2.45) is 0 Å². The van der Waals surface area contributed by atoms with Crippen molar-refractivity contribution in [2.45, 2.75) is 5.41 Å². The highest BCUT2D eigenvalue weighted by atomic mass is 14.9. The average molecular weight is 827 g/mol. The summed E-state index contributed by atoms with van der Waals surface area (Å²) in [5.41, 5.74) is 19.1. The van der Waals surface area contributed by atoms with Crippen molar-refractivity contribution >= 4 is 10.8 Å². The van der Waals surface area contributed by atoms with E-state index in [1.54, 1.807) is 0 Å². The molecule has 0 atom stereocenters. The van der Waals surface area contributed by atoms with Gasteiger partial charge >= 0.3 is 0 Å². The van der Waals surface area contributed by atoms with Gasteiger partial charge in [0, 0.05) is 16.7 Å². The Balaban J connectivity index is 1.08. The van der Waals surface area contributed by atoms with Crippen LogP contribution in [0.4, 0.5) is 0 Å². The van der Waals surface area contributed by atoms with Gasteiger partial charge in [-0.1, -0.05) is 231 Å². The molecular formula is C63H42N2. The van der Waals surface area contributed by atoms with Gasteiger partial charge in [0.1, 0.15) is 0 Å². The Morgan fingerprint density at radius 3 is 1.38 bits per heavy atom. The smallest absolute Gasteiger partial charge is 0.160 e. The molecule has 0 aliphatic heterocycles. The van der Waals surface area contributed by atoms with Crippen LogP contribution in [0.1, 0.15) is 22.3 Å². The Kier molecular flexibility index (Phi) is 9.43. The summed E-state index contributed by atoms with van der Waals surface area (Å²) in [4.78, 5) is 10.3. The Labute approximate surface area is 379 Å². The van der Waals surface area contributed by atoms with E-state index < -0.39 is 5.41 Å². The quantitative estimate of drug-likeness (QED) is 0.152. The fraction of sp³-hybridized carbons (Fsp3) is 0.0159. The molecule has 0 unspecified atom stereocenters. The number of hydrogen-bond donors (Lipinski definition) is 0. The van der Waals surface area contributed by atoms with Gasteiger partial charge in [0.15, 0.2) is 5.82 Å². The molecule has 11 aromatic rings. The lowest BCUT2D eigenvalue weighted by Crippen LogP contribution is -2.28. The number of benzene rings is 10. The summed E-state index contributed by atoms with van der Waals surface area (Å²) >= 11 is 0. The fourth-order valence-corrected chi connectivity index (χ4v) is 10.3. The van der Waals surface area contributed by atoms with Gasteiger partial charge in [0.25, 0.3) is 0 Å². The number of fused-ring (bicyclic) bond motifs is 4. The second-order valence-electron chi connectivity index (χ2n) is 16.8. The van der Waals surface area contributed by atoms with E-state index in [0.29, 0.717) is 5.82 Å². The third-order valence-electron chi connectivity index (χ3n) is 13.2. The standard InChI is InChI=1S/C63H42N2/c1-6-21-43(22-7-1)46-39-47(51-37-38-55(54-32-17-16-31-53(51)54)60-42-59(44-23-8-2-9-24-44)64-62(65-60)45-25-10-3-11-26-45)41-48(40-46)52-34-20-36-58-61(52)56-33-18-19-35-57(56)63(58,49-27-12-4-13-28-49)50-29-14-5-15-30-50/h1-42H. The van der Waals surface area contributed by atoms with Crippen molar-refractivity contribution in [1.82, 2.24) is 9.97 Å². The Bertz CT molecular complexity index is 3410. The van der Waals surface area contributed by atoms with E-state index in [-0.39, 0.29) is 0 Å². The largest absolute Gasteiger partial charge is 0.228 e. The van der Waals surface area contributed by atoms with Crippen LogP contribution in [0.2, 0.25) is 0 Å². The molecule has 304 valence electrons. The highest BCUT2D eigenvalue weighted by Crippen LogP contribution is 2.58. The Morgan fingerprint density at radius 2 is 0.723 bits per heavy atom. The molecule has 1 aliphatic rings. The minimum atomic E-state index is -0.488. The van der Waals surface area contributed by atoms with Crippen molar-refractivity contribution in [3.05, 3.63) is 277 Å². The average Bonchev–Trinajstić information content (AvgIpc) is 3.70. The van der Waals surface area contributed by atoms with Crippen LogP contribution in [-0.4, -0.2) is 9.97 Å². The van der Waals surface area contributed by atoms with E-state index in [1.807, 2.05) is 24.3 Å². The maximum Gasteiger partial charge on any atom is 0.160 e. The van der Waals surface area contributed by atoms with Crippen LogP contribution in [0.25, 0.3) is 89.2 Å². The molecule has 2 heteroatoms. The van der Waals surface area contributed by atoms with Gasteiger partial charge < -0.3 is 0 Å². The van der Waals surface area contributed by atoms with Crippen LogP contribution < -0.4 is 0 Å². The molecule has 0 bridgehead atoms. The summed E-state index contributed by atoms with van der Waals surface area (Å²) in [6, 6.07) is 92.1. The number of rotatable bonds is 8. The first kappa shape index (κ1) is 38.2. The second-order valence-corrected chi connectivity index (χ2v) is 16.8. The first-order valence-electron chi connectivity index (χ1n) is 22.3. The monoisotopic (exact) mass is 826 g/mol. The van der Waals surface area contributed by atoms with E-state index in [9.17, 15) is 0 Å². The van der Waals surface area contributed by atoms with Gasteiger partial charge in [0.05, 0.1) is 16.8 Å². The summed E-state index contributed by atoms with van der Waals surface area (Å²) in [6.07, 6.45) is 0. The van der Waals surface area contributed by atoms with E-state index in [1.165, 1.54) is 61.2 Å². The third kappa shape index (κ3) is 6.50. The van der Waals surface area contributed by atoms with Gasteiger partial charge in [-0.3, -0.25) is 0 Å². The van der Waals surface area contributed by atoms with Crippen LogP contribution in [0.15, 0.2) is 255 Å². The molecule has 0 amide bonds. The van der Waals surface area contributed by atoms with Gasteiger partial charge in [0.2, 0.25) is 0 Å². The fourth-order valence-electron chi connectivity index (χ4n) is 10.3.